The Balaban J connectivity index is 1.32. The van der Waals surface area contributed by atoms with E-state index < -0.39 is 0 Å². The molecule has 7 nitrogen and oxygen atoms in total. The van der Waals surface area contributed by atoms with Crippen LogP contribution in [0.2, 0.25) is 0 Å². The van der Waals surface area contributed by atoms with Crippen LogP contribution in [-0.4, -0.2) is 43.1 Å². The van der Waals surface area contributed by atoms with E-state index in [1.54, 1.807) is 11.9 Å². The highest BCUT2D eigenvalue weighted by Crippen LogP contribution is 2.33. The van der Waals surface area contributed by atoms with Crippen molar-refractivity contribution in [3.8, 4) is 11.5 Å². The second-order valence-corrected chi connectivity index (χ2v) is 6.21. The molecule has 2 aromatic carbocycles. The maximum Gasteiger partial charge on any atom is 0.321 e. The van der Waals surface area contributed by atoms with Crippen LogP contribution in [0.25, 0.3) is 0 Å². The molecule has 0 unspecified atom stereocenters. The Morgan fingerprint density at radius 1 is 1.19 bits per heavy atom. The van der Waals surface area contributed by atoms with Gasteiger partial charge in [-0.15, -0.1) is 0 Å². The fraction of sp³-hybridized carbons (Fsp3) is 0.263. The molecule has 2 heterocycles. The monoisotopic (exact) mass is 353 g/mol. The molecule has 4 rings (SSSR count). The summed E-state index contributed by atoms with van der Waals surface area (Å²) in [5.74, 6) is 1.45. The first-order valence-corrected chi connectivity index (χ1v) is 8.39. The van der Waals surface area contributed by atoms with Gasteiger partial charge in [0.25, 0.3) is 0 Å². The van der Waals surface area contributed by atoms with E-state index in [0.29, 0.717) is 18.7 Å². The molecule has 7 heteroatoms. The molecule has 2 aliphatic heterocycles. The summed E-state index contributed by atoms with van der Waals surface area (Å²) in [4.78, 5) is 19.4. The highest BCUT2D eigenvalue weighted by Gasteiger charge is 2.26. The molecule has 26 heavy (non-hydrogen) atoms. The van der Waals surface area contributed by atoms with Crippen molar-refractivity contribution in [2.24, 2.45) is 5.16 Å². The summed E-state index contributed by atoms with van der Waals surface area (Å²) >= 11 is 0. The van der Waals surface area contributed by atoms with E-state index in [4.69, 9.17) is 14.3 Å². The van der Waals surface area contributed by atoms with Crippen molar-refractivity contribution in [3.05, 3.63) is 54.1 Å². The summed E-state index contributed by atoms with van der Waals surface area (Å²) in [6.45, 7) is 0.682. The number of amides is 2. The maximum absolute atomic E-state index is 12.3. The number of hydrogen-bond donors (Lipinski definition) is 1. The molecule has 1 atom stereocenters. The average molecular weight is 353 g/mol. The number of rotatable bonds is 4. The summed E-state index contributed by atoms with van der Waals surface area (Å²) in [5, 5.41) is 7.02. The lowest BCUT2D eigenvalue weighted by Gasteiger charge is -2.20. The zero-order valence-corrected chi connectivity index (χ0v) is 14.3. The molecule has 2 amide bonds. The molecular weight excluding hydrogens is 334 g/mol. The molecule has 1 N–H and O–H groups in total. The second kappa shape index (κ2) is 6.95. The van der Waals surface area contributed by atoms with Crippen molar-refractivity contribution in [1.29, 1.82) is 0 Å². The van der Waals surface area contributed by atoms with E-state index in [0.717, 1.165) is 22.7 Å². The number of carbonyl (C=O) groups excluding carboxylic acids is 1. The van der Waals surface area contributed by atoms with Gasteiger partial charge in [-0.3, -0.25) is 0 Å². The van der Waals surface area contributed by atoms with Crippen molar-refractivity contribution in [2.45, 2.75) is 12.5 Å². The summed E-state index contributed by atoms with van der Waals surface area (Å²) in [7, 11) is 1.74. The van der Waals surface area contributed by atoms with E-state index in [-0.39, 0.29) is 18.9 Å². The van der Waals surface area contributed by atoms with Crippen LogP contribution >= 0.6 is 0 Å². The fourth-order valence-electron chi connectivity index (χ4n) is 2.90. The van der Waals surface area contributed by atoms with Crippen LogP contribution in [0, 0.1) is 0 Å². The first-order chi connectivity index (χ1) is 12.7. The van der Waals surface area contributed by atoms with Crippen LogP contribution in [0.5, 0.6) is 11.5 Å². The Hall–Kier alpha value is -3.22. The van der Waals surface area contributed by atoms with Gasteiger partial charge in [0.15, 0.2) is 17.6 Å². The van der Waals surface area contributed by atoms with Crippen molar-refractivity contribution in [2.75, 3.05) is 25.7 Å². The molecule has 0 bridgehead atoms. The quantitative estimate of drug-likeness (QED) is 0.917. The minimum Gasteiger partial charge on any atom is -0.454 e. The molecule has 2 aromatic rings. The van der Waals surface area contributed by atoms with Crippen molar-refractivity contribution in [1.82, 2.24) is 4.90 Å². The Kier molecular flexibility index (Phi) is 4.35. The lowest BCUT2D eigenvalue weighted by molar-refractivity contribution is 0.0672. The number of benzene rings is 2. The van der Waals surface area contributed by atoms with Gasteiger partial charge in [-0.25, -0.2) is 4.79 Å². The number of urea groups is 1. The minimum absolute atomic E-state index is 0.179. The van der Waals surface area contributed by atoms with Gasteiger partial charge in [0, 0.05) is 24.7 Å². The first kappa shape index (κ1) is 16.3. The highest BCUT2D eigenvalue weighted by atomic mass is 16.7. The number of nitrogens with zero attached hydrogens (tertiary/aromatic N) is 2. The Bertz CT molecular complexity index is 838. The highest BCUT2D eigenvalue weighted by molar-refractivity contribution is 6.01. The summed E-state index contributed by atoms with van der Waals surface area (Å²) in [6.07, 6.45) is 0.449. The molecule has 0 aromatic heterocycles. The summed E-state index contributed by atoms with van der Waals surface area (Å²) in [5.41, 5.74) is 2.53. The van der Waals surface area contributed by atoms with E-state index in [1.807, 2.05) is 48.5 Å². The van der Waals surface area contributed by atoms with E-state index >= 15 is 0 Å². The Morgan fingerprint density at radius 2 is 2.00 bits per heavy atom. The number of hydrogen-bond acceptors (Lipinski definition) is 5. The predicted octanol–water partition coefficient (Wildman–Crippen LogP) is 3.07. The number of fused-ring (bicyclic) bond motifs is 1. The predicted molar refractivity (Wildman–Crippen MR) is 96.7 cm³/mol. The smallest absolute Gasteiger partial charge is 0.321 e. The van der Waals surface area contributed by atoms with Gasteiger partial charge in [-0.2, -0.15) is 0 Å². The largest absolute Gasteiger partial charge is 0.454 e. The third kappa shape index (κ3) is 3.42. The van der Waals surface area contributed by atoms with Crippen LogP contribution in [0.4, 0.5) is 10.5 Å². The molecular formula is C19H19N3O4. The number of oxime groups is 1. The molecule has 0 spiro atoms. The number of para-hydroxylation sites is 1. The summed E-state index contributed by atoms with van der Waals surface area (Å²) in [6, 6.07) is 14.9. The van der Waals surface area contributed by atoms with Gasteiger partial charge in [-0.1, -0.05) is 23.4 Å². The van der Waals surface area contributed by atoms with Crippen LogP contribution in [-0.2, 0) is 4.84 Å². The van der Waals surface area contributed by atoms with Crippen LogP contribution in [0.1, 0.15) is 12.0 Å². The van der Waals surface area contributed by atoms with Crippen LogP contribution < -0.4 is 14.8 Å². The third-order valence-electron chi connectivity index (χ3n) is 4.29. The number of carbonyl (C=O) groups is 1. The molecule has 2 aliphatic rings. The van der Waals surface area contributed by atoms with Gasteiger partial charge in [0.2, 0.25) is 6.79 Å². The molecule has 0 saturated carbocycles. The normalized spacial score (nSPS) is 17.4. The Morgan fingerprint density at radius 3 is 2.85 bits per heavy atom. The molecule has 134 valence electrons. The minimum atomic E-state index is -0.184. The number of ether oxygens (including phenoxy) is 2. The SMILES string of the molecule is CN(C[C@@H]1CC(c2ccc3c(c2)OCO3)=NO1)C(=O)Nc1ccccc1. The lowest BCUT2D eigenvalue weighted by atomic mass is 10.0. The van der Waals surface area contributed by atoms with Gasteiger partial charge >= 0.3 is 6.03 Å². The molecule has 0 saturated heterocycles. The van der Waals surface area contributed by atoms with Gasteiger partial charge in [-0.05, 0) is 30.3 Å². The van der Waals surface area contributed by atoms with E-state index in [1.165, 1.54) is 0 Å². The topological polar surface area (TPSA) is 72.4 Å². The van der Waals surface area contributed by atoms with Crippen LogP contribution in [0.15, 0.2) is 53.7 Å². The molecule has 0 fully saturated rings. The zero-order valence-electron chi connectivity index (χ0n) is 14.3. The lowest BCUT2D eigenvalue weighted by Crippen LogP contribution is -2.37. The van der Waals surface area contributed by atoms with Gasteiger partial charge < -0.3 is 24.5 Å². The molecule has 0 aliphatic carbocycles. The van der Waals surface area contributed by atoms with Gasteiger partial charge in [0.05, 0.1) is 12.3 Å². The second-order valence-electron chi connectivity index (χ2n) is 6.21. The average Bonchev–Trinajstić information content (AvgIpc) is 3.31. The van der Waals surface area contributed by atoms with Crippen molar-refractivity contribution < 1.29 is 19.1 Å². The fourth-order valence-corrected chi connectivity index (χ4v) is 2.90. The number of nitrogens with one attached hydrogen (secondary N) is 1. The van der Waals surface area contributed by atoms with E-state index in [2.05, 4.69) is 10.5 Å². The first-order valence-electron chi connectivity index (χ1n) is 8.39. The number of likely N-dealkylation sites (N-methyl/N-ethyl adjacent to an activating group) is 1. The third-order valence-corrected chi connectivity index (χ3v) is 4.29. The zero-order chi connectivity index (χ0) is 17.9. The van der Waals surface area contributed by atoms with Crippen molar-refractivity contribution >= 4 is 17.4 Å². The van der Waals surface area contributed by atoms with Crippen molar-refractivity contribution in [3.63, 3.8) is 0 Å². The Labute approximate surface area is 151 Å². The molecule has 0 radical (unpaired) electrons. The van der Waals surface area contributed by atoms with Gasteiger partial charge in [0.1, 0.15) is 0 Å². The summed E-state index contributed by atoms with van der Waals surface area (Å²) < 4.78 is 10.7. The van der Waals surface area contributed by atoms with Crippen LogP contribution in [0.3, 0.4) is 0 Å². The number of anilines is 1. The standard InChI is InChI=1S/C19H19N3O4/c1-22(19(23)20-14-5-3-2-4-6-14)11-15-10-16(21-26-15)13-7-8-17-18(9-13)25-12-24-17/h2-9,15H,10-12H2,1H3,(H,20,23)/t15-/m0/s1. The maximum atomic E-state index is 12.3. The van der Waals surface area contributed by atoms with E-state index in [9.17, 15) is 4.79 Å².